The smallest absolute Gasteiger partial charge is 0.0900 e. The molecule has 13 rings (SSSR count). The molecule has 0 aliphatic heterocycles. The van der Waals surface area contributed by atoms with E-state index in [0.717, 1.165) is 110 Å². The molecule has 9 aromatic carbocycles. The Hall–Kier alpha value is -8.34. The second-order valence-electron chi connectivity index (χ2n) is 16.2. The van der Waals surface area contributed by atoms with Gasteiger partial charge < -0.3 is 0 Å². The molecule has 4 nitrogen and oxygen atoms in total. The molecule has 0 aliphatic carbocycles. The third-order valence-corrected chi connectivity index (χ3v) is 12.5. The molecule has 4 heteroatoms. The number of aromatic nitrogens is 4. The first kappa shape index (κ1) is 34.5. The molecular weight excluding hydrogens is 753 g/mol. The summed E-state index contributed by atoms with van der Waals surface area (Å²) in [6.45, 7) is 0. The molecule has 13 aromatic rings. The highest BCUT2D eigenvalue weighted by atomic mass is 14.8. The fourth-order valence-corrected chi connectivity index (χ4v) is 9.51. The number of nitrogens with zero attached hydrogens (tertiary/aromatic N) is 4. The summed E-state index contributed by atoms with van der Waals surface area (Å²) in [6, 6.07) is 73.4. The Morgan fingerprint density at radius 1 is 0.210 bits per heavy atom. The van der Waals surface area contributed by atoms with Crippen molar-refractivity contribution in [2.75, 3.05) is 0 Å². The Morgan fingerprint density at radius 2 is 0.532 bits per heavy atom. The van der Waals surface area contributed by atoms with Crippen LogP contribution in [0.1, 0.15) is 0 Å². The monoisotopic (exact) mass is 786 g/mol. The Kier molecular flexibility index (Phi) is 7.57. The minimum Gasteiger partial charge on any atom is -0.248 e. The molecular formula is C58H34N4. The van der Waals surface area contributed by atoms with E-state index in [9.17, 15) is 0 Å². The SMILES string of the molecule is c1ccc2cc3nc(-c4cc(-c5c6ccccc6c(-c6ccc7cc8ccccc8cc7n6)c6ccccc56)cc(-c5ccc6cc7ccccc7cc6n5)n4)ccc3cc2c1. The average Bonchev–Trinajstić information content (AvgIpc) is 3.33. The quantitative estimate of drug-likeness (QED) is 0.167. The summed E-state index contributed by atoms with van der Waals surface area (Å²) in [5.41, 5.74) is 10.3. The van der Waals surface area contributed by atoms with Gasteiger partial charge in [0.1, 0.15) is 0 Å². The summed E-state index contributed by atoms with van der Waals surface area (Å²) in [4.78, 5) is 21.3. The van der Waals surface area contributed by atoms with Gasteiger partial charge in [-0.1, -0.05) is 140 Å². The predicted octanol–water partition coefficient (Wildman–Crippen LogP) is 15.2. The lowest BCUT2D eigenvalue weighted by molar-refractivity contribution is 1.25. The molecule has 0 saturated heterocycles. The Morgan fingerprint density at radius 3 is 0.935 bits per heavy atom. The lowest BCUT2D eigenvalue weighted by atomic mass is 9.86. The van der Waals surface area contributed by atoms with Crippen molar-refractivity contribution < 1.29 is 0 Å². The number of rotatable bonds is 4. The molecule has 4 aromatic heterocycles. The van der Waals surface area contributed by atoms with Gasteiger partial charge in [-0.2, -0.15) is 0 Å². The highest BCUT2D eigenvalue weighted by molar-refractivity contribution is 6.21. The zero-order valence-corrected chi connectivity index (χ0v) is 33.4. The maximum atomic E-state index is 5.38. The van der Waals surface area contributed by atoms with Crippen molar-refractivity contribution in [2.45, 2.75) is 0 Å². The molecule has 0 saturated carbocycles. The van der Waals surface area contributed by atoms with Crippen LogP contribution in [0.4, 0.5) is 0 Å². The lowest BCUT2D eigenvalue weighted by Crippen LogP contribution is -1.97. The number of fused-ring (bicyclic) bond motifs is 8. The summed E-state index contributed by atoms with van der Waals surface area (Å²) >= 11 is 0. The van der Waals surface area contributed by atoms with Crippen LogP contribution in [0.5, 0.6) is 0 Å². The molecule has 0 fully saturated rings. The topological polar surface area (TPSA) is 51.6 Å². The molecule has 0 spiro atoms. The van der Waals surface area contributed by atoms with E-state index in [1.54, 1.807) is 0 Å². The van der Waals surface area contributed by atoms with Gasteiger partial charge in [0.25, 0.3) is 0 Å². The molecule has 4 heterocycles. The third-order valence-electron chi connectivity index (χ3n) is 12.5. The van der Waals surface area contributed by atoms with E-state index in [0.29, 0.717) is 0 Å². The first-order valence-electron chi connectivity index (χ1n) is 21.0. The van der Waals surface area contributed by atoms with Crippen LogP contribution < -0.4 is 0 Å². The lowest BCUT2D eigenvalue weighted by Gasteiger charge is -2.18. The van der Waals surface area contributed by atoms with E-state index in [1.807, 2.05) is 0 Å². The highest BCUT2D eigenvalue weighted by Crippen LogP contribution is 2.45. The molecule has 62 heavy (non-hydrogen) atoms. The van der Waals surface area contributed by atoms with Crippen LogP contribution in [0, 0.1) is 0 Å². The van der Waals surface area contributed by atoms with Gasteiger partial charge in [-0.25, -0.2) is 19.9 Å². The van der Waals surface area contributed by atoms with E-state index >= 15 is 0 Å². The van der Waals surface area contributed by atoms with Crippen molar-refractivity contribution in [3.63, 3.8) is 0 Å². The van der Waals surface area contributed by atoms with Gasteiger partial charge in [-0.3, -0.25) is 0 Å². The van der Waals surface area contributed by atoms with Crippen molar-refractivity contribution >= 4 is 86.6 Å². The number of hydrogen-bond acceptors (Lipinski definition) is 4. The van der Waals surface area contributed by atoms with E-state index in [-0.39, 0.29) is 0 Å². The first-order valence-corrected chi connectivity index (χ1v) is 21.0. The van der Waals surface area contributed by atoms with E-state index in [1.165, 1.54) is 21.5 Å². The third kappa shape index (κ3) is 5.62. The van der Waals surface area contributed by atoms with Crippen molar-refractivity contribution in [3.05, 3.63) is 206 Å². The Labute approximate surface area is 356 Å². The number of hydrogen-bond donors (Lipinski definition) is 0. The van der Waals surface area contributed by atoms with E-state index < -0.39 is 0 Å². The summed E-state index contributed by atoms with van der Waals surface area (Å²) < 4.78 is 0. The van der Waals surface area contributed by atoms with Crippen molar-refractivity contribution in [1.82, 2.24) is 19.9 Å². The van der Waals surface area contributed by atoms with Crippen LogP contribution in [0.15, 0.2) is 206 Å². The van der Waals surface area contributed by atoms with Gasteiger partial charge >= 0.3 is 0 Å². The molecule has 0 bridgehead atoms. The van der Waals surface area contributed by atoms with Crippen LogP contribution in [0.2, 0.25) is 0 Å². The van der Waals surface area contributed by atoms with Crippen LogP contribution in [0.25, 0.3) is 132 Å². The highest BCUT2D eigenvalue weighted by Gasteiger charge is 2.20. The van der Waals surface area contributed by atoms with Gasteiger partial charge in [-0.15, -0.1) is 0 Å². The van der Waals surface area contributed by atoms with Crippen LogP contribution in [-0.2, 0) is 0 Å². The predicted molar refractivity (Wildman–Crippen MR) is 259 cm³/mol. The zero-order chi connectivity index (χ0) is 40.7. The van der Waals surface area contributed by atoms with Crippen molar-refractivity contribution in [2.24, 2.45) is 0 Å². The largest absolute Gasteiger partial charge is 0.248 e. The maximum absolute atomic E-state index is 5.38. The number of benzene rings is 9. The standard InChI is InChI=1S/C58H34N4/c1-4-14-38-30-52-41(27-35(38)11-1)21-24-49(59-52)55-33-44(34-56(62-55)50-25-22-42-28-36-12-2-5-15-39(36)31-53(42)60-50)57-45-17-7-9-19-47(45)58(48-20-10-8-18-46(48)57)51-26-23-43-29-37-13-3-6-16-40(37)32-54(43)61-51/h1-34H. The molecule has 0 unspecified atom stereocenters. The fourth-order valence-electron chi connectivity index (χ4n) is 9.51. The van der Waals surface area contributed by atoms with Gasteiger partial charge in [0.05, 0.1) is 45.0 Å². The maximum Gasteiger partial charge on any atom is 0.0900 e. The van der Waals surface area contributed by atoms with E-state index in [4.69, 9.17) is 19.9 Å². The summed E-state index contributed by atoms with van der Waals surface area (Å²) in [7, 11) is 0. The van der Waals surface area contributed by atoms with Crippen molar-refractivity contribution in [3.8, 4) is 45.2 Å². The molecule has 0 N–H and O–H groups in total. The van der Waals surface area contributed by atoms with Gasteiger partial charge in [0.2, 0.25) is 0 Å². The minimum atomic E-state index is 0.786. The minimum absolute atomic E-state index is 0.786. The van der Waals surface area contributed by atoms with Crippen molar-refractivity contribution in [1.29, 1.82) is 0 Å². The second-order valence-corrected chi connectivity index (χ2v) is 16.2. The zero-order valence-electron chi connectivity index (χ0n) is 33.4. The molecule has 0 aliphatic rings. The van der Waals surface area contributed by atoms with Crippen LogP contribution >= 0.6 is 0 Å². The molecule has 286 valence electrons. The van der Waals surface area contributed by atoms with Gasteiger partial charge in [0, 0.05) is 21.7 Å². The number of pyridine rings is 4. The average molecular weight is 787 g/mol. The summed E-state index contributed by atoms with van der Waals surface area (Å²) in [5.74, 6) is 0. The Bertz CT molecular complexity index is 3810. The molecule has 0 radical (unpaired) electrons. The van der Waals surface area contributed by atoms with Crippen LogP contribution in [0.3, 0.4) is 0 Å². The van der Waals surface area contributed by atoms with E-state index in [2.05, 4.69) is 206 Å². The van der Waals surface area contributed by atoms with Gasteiger partial charge in [-0.05, 0) is 132 Å². The Balaban J connectivity index is 1.06. The summed E-state index contributed by atoms with van der Waals surface area (Å²) in [6.07, 6.45) is 0. The molecule has 0 amide bonds. The first-order chi connectivity index (χ1) is 30.7. The molecule has 0 atom stereocenters. The fraction of sp³-hybridized carbons (Fsp3) is 0. The van der Waals surface area contributed by atoms with Crippen LogP contribution in [-0.4, -0.2) is 19.9 Å². The normalized spacial score (nSPS) is 11.9. The second kappa shape index (κ2) is 13.6. The van der Waals surface area contributed by atoms with Gasteiger partial charge in [0.15, 0.2) is 0 Å². The summed E-state index contributed by atoms with van der Waals surface area (Å²) in [5, 5.41) is 15.0.